The average molecular weight is 199 g/mol. The van der Waals surface area contributed by atoms with E-state index in [2.05, 4.69) is 23.0 Å². The van der Waals surface area contributed by atoms with Crippen molar-refractivity contribution in [3.63, 3.8) is 0 Å². The largest absolute Gasteiger partial charge is 0.350 e. The Morgan fingerprint density at radius 3 is 3.15 bits per heavy atom. The van der Waals surface area contributed by atoms with Crippen molar-refractivity contribution in [1.29, 1.82) is 0 Å². The van der Waals surface area contributed by atoms with E-state index in [0.717, 1.165) is 0 Å². The lowest BCUT2D eigenvalue weighted by molar-refractivity contribution is 0.0945. The van der Waals surface area contributed by atoms with Gasteiger partial charge in [-0.1, -0.05) is 0 Å². The molecule has 1 aromatic heterocycles. The van der Waals surface area contributed by atoms with Gasteiger partial charge in [-0.15, -0.1) is 0 Å². The first-order chi connectivity index (χ1) is 6.29. The molecule has 1 heterocycles. The summed E-state index contributed by atoms with van der Waals surface area (Å²) in [5, 5.41) is 6.73. The van der Waals surface area contributed by atoms with Crippen molar-refractivity contribution < 1.29 is 4.79 Å². The zero-order valence-electron chi connectivity index (χ0n) is 7.53. The monoisotopic (exact) mass is 199 g/mol. The smallest absolute Gasteiger partial charge is 0.269 e. The van der Waals surface area contributed by atoms with E-state index in [1.165, 1.54) is 0 Å². The summed E-state index contributed by atoms with van der Waals surface area (Å²) in [7, 11) is 0. The van der Waals surface area contributed by atoms with Gasteiger partial charge in [-0.05, 0) is 13.0 Å². The predicted octanol–water partition coefficient (Wildman–Crippen LogP) is 0.563. The third-order valence-corrected chi connectivity index (χ3v) is 1.87. The molecule has 72 valence electrons. The molecule has 0 saturated carbocycles. The number of amides is 1. The highest BCUT2D eigenvalue weighted by molar-refractivity contribution is 7.80. The van der Waals surface area contributed by atoms with Crippen molar-refractivity contribution in [3.05, 3.63) is 18.0 Å². The van der Waals surface area contributed by atoms with Gasteiger partial charge < -0.3 is 5.32 Å². The van der Waals surface area contributed by atoms with Crippen LogP contribution in [0.15, 0.2) is 12.3 Å². The molecule has 0 aliphatic heterocycles. The van der Waals surface area contributed by atoms with Crippen LogP contribution in [-0.2, 0) is 6.54 Å². The third-order valence-electron chi connectivity index (χ3n) is 1.65. The van der Waals surface area contributed by atoms with E-state index in [0.29, 0.717) is 24.5 Å². The van der Waals surface area contributed by atoms with Crippen LogP contribution in [0.4, 0.5) is 0 Å². The second-order valence-corrected chi connectivity index (χ2v) is 2.96. The van der Waals surface area contributed by atoms with Crippen LogP contribution in [0, 0.1) is 0 Å². The van der Waals surface area contributed by atoms with E-state index in [1.54, 1.807) is 16.9 Å². The molecule has 1 rings (SSSR count). The summed E-state index contributed by atoms with van der Waals surface area (Å²) in [6.45, 7) is 3.23. The summed E-state index contributed by atoms with van der Waals surface area (Å²) < 4.78 is 1.66. The molecular formula is C8H13N3OS. The third kappa shape index (κ3) is 2.48. The molecule has 1 aromatic rings. The highest BCUT2D eigenvalue weighted by Crippen LogP contribution is 1.97. The molecule has 0 fully saturated rings. The van der Waals surface area contributed by atoms with Gasteiger partial charge in [0.1, 0.15) is 5.69 Å². The number of hydrogen-bond acceptors (Lipinski definition) is 3. The number of carbonyl (C=O) groups is 1. The molecule has 1 N–H and O–H groups in total. The normalized spacial score (nSPS) is 10.0. The number of hydrogen-bond donors (Lipinski definition) is 2. The number of aryl methyl sites for hydroxylation is 1. The number of thiol groups is 1. The summed E-state index contributed by atoms with van der Waals surface area (Å²) in [6.07, 6.45) is 1.62. The van der Waals surface area contributed by atoms with Crippen LogP contribution in [0.5, 0.6) is 0 Å². The number of carbonyl (C=O) groups excluding carboxylic acids is 1. The van der Waals surface area contributed by atoms with Crippen molar-refractivity contribution in [2.24, 2.45) is 0 Å². The van der Waals surface area contributed by atoms with Gasteiger partial charge >= 0.3 is 0 Å². The molecule has 0 bridgehead atoms. The zero-order valence-corrected chi connectivity index (χ0v) is 8.42. The molecule has 0 aromatic carbocycles. The van der Waals surface area contributed by atoms with Crippen LogP contribution in [-0.4, -0.2) is 28.0 Å². The first-order valence-electron chi connectivity index (χ1n) is 4.20. The Bertz CT molecular complexity index is 285. The summed E-state index contributed by atoms with van der Waals surface area (Å²) >= 11 is 4.00. The average Bonchev–Trinajstić information content (AvgIpc) is 2.61. The molecule has 13 heavy (non-hydrogen) atoms. The molecule has 4 nitrogen and oxygen atoms in total. The second kappa shape index (κ2) is 4.91. The maximum absolute atomic E-state index is 11.4. The van der Waals surface area contributed by atoms with Crippen molar-refractivity contribution in [1.82, 2.24) is 15.1 Å². The Morgan fingerprint density at radius 1 is 1.77 bits per heavy atom. The maximum atomic E-state index is 11.4. The molecule has 5 heteroatoms. The molecule has 0 atom stereocenters. The number of nitrogens with one attached hydrogen (secondary N) is 1. The molecule has 0 aliphatic carbocycles. The Hall–Kier alpha value is -0.970. The minimum atomic E-state index is -0.0894. The topological polar surface area (TPSA) is 46.9 Å². The van der Waals surface area contributed by atoms with Gasteiger partial charge in [-0.25, -0.2) is 0 Å². The van der Waals surface area contributed by atoms with Gasteiger partial charge in [-0.3, -0.25) is 9.48 Å². The quantitative estimate of drug-likeness (QED) is 0.696. The maximum Gasteiger partial charge on any atom is 0.269 e. The first kappa shape index (κ1) is 10.1. The van der Waals surface area contributed by atoms with Gasteiger partial charge in [0.15, 0.2) is 0 Å². The fraction of sp³-hybridized carbons (Fsp3) is 0.500. The molecule has 0 saturated heterocycles. The van der Waals surface area contributed by atoms with Crippen LogP contribution >= 0.6 is 12.6 Å². The highest BCUT2D eigenvalue weighted by atomic mass is 32.1. The minimum Gasteiger partial charge on any atom is -0.350 e. The minimum absolute atomic E-state index is 0.0894. The predicted molar refractivity (Wildman–Crippen MR) is 54.1 cm³/mol. The molecule has 1 amide bonds. The van der Waals surface area contributed by atoms with Gasteiger partial charge in [0.25, 0.3) is 5.91 Å². The standard InChI is InChI=1S/C8H13N3OS/c1-2-11-7(3-4-10-11)8(12)9-5-6-13/h3-4,13H,2,5-6H2,1H3,(H,9,12). The summed E-state index contributed by atoms with van der Waals surface area (Å²) in [5.74, 6) is 0.555. The number of rotatable bonds is 4. The van der Waals surface area contributed by atoms with Gasteiger partial charge in [-0.2, -0.15) is 17.7 Å². The van der Waals surface area contributed by atoms with Crippen LogP contribution in [0.2, 0.25) is 0 Å². The van der Waals surface area contributed by atoms with Crippen LogP contribution < -0.4 is 5.32 Å². The lowest BCUT2D eigenvalue weighted by atomic mass is 10.4. The van der Waals surface area contributed by atoms with Crippen molar-refractivity contribution in [2.45, 2.75) is 13.5 Å². The van der Waals surface area contributed by atoms with Crippen molar-refractivity contribution >= 4 is 18.5 Å². The van der Waals surface area contributed by atoms with E-state index < -0.39 is 0 Å². The lowest BCUT2D eigenvalue weighted by Crippen LogP contribution is -2.27. The van der Waals surface area contributed by atoms with E-state index in [9.17, 15) is 4.79 Å². The summed E-state index contributed by atoms with van der Waals surface area (Å²) in [6, 6.07) is 1.71. The molecule has 0 unspecified atom stereocenters. The SMILES string of the molecule is CCn1nccc1C(=O)NCCS. The molecule has 0 spiro atoms. The van der Waals surface area contributed by atoms with Gasteiger partial charge in [0, 0.05) is 25.0 Å². The fourth-order valence-electron chi connectivity index (χ4n) is 1.04. The Kier molecular flexibility index (Phi) is 3.82. The highest BCUT2D eigenvalue weighted by Gasteiger charge is 2.08. The lowest BCUT2D eigenvalue weighted by Gasteiger charge is -2.04. The fourth-order valence-corrected chi connectivity index (χ4v) is 1.15. The first-order valence-corrected chi connectivity index (χ1v) is 4.83. The second-order valence-electron chi connectivity index (χ2n) is 2.51. The number of aromatic nitrogens is 2. The van der Waals surface area contributed by atoms with E-state index >= 15 is 0 Å². The van der Waals surface area contributed by atoms with Gasteiger partial charge in [0.2, 0.25) is 0 Å². The Morgan fingerprint density at radius 2 is 2.54 bits per heavy atom. The van der Waals surface area contributed by atoms with Crippen LogP contribution in [0.25, 0.3) is 0 Å². The van der Waals surface area contributed by atoms with E-state index in [1.807, 2.05) is 6.92 Å². The molecule has 0 radical (unpaired) electrons. The van der Waals surface area contributed by atoms with Crippen LogP contribution in [0.1, 0.15) is 17.4 Å². The van der Waals surface area contributed by atoms with Crippen molar-refractivity contribution in [3.8, 4) is 0 Å². The van der Waals surface area contributed by atoms with Gasteiger partial charge in [0.05, 0.1) is 0 Å². The molecule has 0 aliphatic rings. The van der Waals surface area contributed by atoms with E-state index in [-0.39, 0.29) is 5.91 Å². The van der Waals surface area contributed by atoms with Crippen LogP contribution in [0.3, 0.4) is 0 Å². The Labute approximate surface area is 82.7 Å². The summed E-state index contributed by atoms with van der Waals surface area (Å²) in [4.78, 5) is 11.4. The summed E-state index contributed by atoms with van der Waals surface area (Å²) in [5.41, 5.74) is 0.601. The van der Waals surface area contributed by atoms with Crippen molar-refractivity contribution in [2.75, 3.05) is 12.3 Å². The van der Waals surface area contributed by atoms with E-state index in [4.69, 9.17) is 0 Å². The zero-order chi connectivity index (χ0) is 9.68. The Balaban J connectivity index is 2.65. The number of nitrogens with zero attached hydrogens (tertiary/aromatic N) is 2. The molecular weight excluding hydrogens is 186 g/mol.